The van der Waals surface area contributed by atoms with E-state index in [2.05, 4.69) is 78.8 Å². The molecule has 0 amide bonds. The van der Waals surface area contributed by atoms with Crippen molar-refractivity contribution in [3.63, 3.8) is 0 Å². The molecule has 22 heavy (non-hydrogen) atoms. The van der Waals surface area contributed by atoms with Crippen LogP contribution < -0.4 is 0 Å². The molecule has 3 aromatic rings. The number of pyridine rings is 2. The monoisotopic (exact) mass is 289 g/mol. The normalized spacial score (nSPS) is 13.1. The van der Waals surface area contributed by atoms with Crippen LogP contribution in [-0.4, -0.2) is 37.9 Å². The lowest BCUT2D eigenvalue weighted by Crippen LogP contribution is -2.30. The summed E-state index contributed by atoms with van der Waals surface area (Å²) in [5.74, 6) is 0. The largest absolute Gasteiger partial charge is 0.302 e. The summed E-state index contributed by atoms with van der Waals surface area (Å²) in [6.07, 6.45) is 1.95. The molecule has 0 spiro atoms. The molecule has 0 bridgehead atoms. The second kappa shape index (κ2) is 4.64. The Morgan fingerprint density at radius 1 is 1.09 bits per heavy atom. The first-order chi connectivity index (χ1) is 10.1. The first-order valence-corrected chi connectivity index (χ1v) is 7.88. The highest BCUT2D eigenvalue weighted by Crippen LogP contribution is 2.28. The van der Waals surface area contributed by atoms with E-state index in [0.29, 0.717) is 0 Å². The predicted molar refractivity (Wildman–Crippen MR) is 101 cm³/mol. The Kier molecular flexibility index (Phi) is 3.21. The highest BCUT2D eigenvalue weighted by Gasteiger charge is 2.22. The summed E-state index contributed by atoms with van der Waals surface area (Å²) in [4.78, 5) is 9.56. The van der Waals surface area contributed by atoms with E-state index < -0.39 is 0 Å². The van der Waals surface area contributed by atoms with Crippen molar-refractivity contribution in [1.29, 1.82) is 0 Å². The average molecular weight is 289 g/mol. The highest BCUT2D eigenvalue weighted by atomic mass is 15.0. The molecular weight excluding hydrogens is 267 g/mol. The second-order valence-corrected chi connectivity index (χ2v) is 8.22. The van der Waals surface area contributed by atoms with Gasteiger partial charge in [-0.3, -0.25) is 4.98 Å². The molecule has 0 unspecified atom stereocenters. The van der Waals surface area contributed by atoms with E-state index in [9.17, 15) is 0 Å². The van der Waals surface area contributed by atoms with Gasteiger partial charge in [0.25, 0.3) is 0 Å². The van der Waals surface area contributed by atoms with Crippen molar-refractivity contribution in [1.82, 2.24) is 14.4 Å². The van der Waals surface area contributed by atoms with Crippen LogP contribution in [0, 0.1) is 6.92 Å². The van der Waals surface area contributed by atoms with Gasteiger partial charge in [-0.15, -0.1) is 0 Å². The number of aryl methyl sites for hydroxylation is 1. The molecule has 0 aliphatic rings. The maximum Gasteiger partial charge on any atom is 0.146 e. The van der Waals surface area contributed by atoms with E-state index in [1.54, 1.807) is 0 Å². The molecule has 0 fully saturated rings. The number of hydrogen-bond acceptors (Lipinski definition) is 2. The van der Waals surface area contributed by atoms with Crippen molar-refractivity contribution < 1.29 is 0 Å². The van der Waals surface area contributed by atoms with Crippen LogP contribution in [0.15, 0.2) is 24.4 Å². The summed E-state index contributed by atoms with van der Waals surface area (Å²) in [6.45, 7) is 8.70. The molecule has 110 valence electrons. The molecule has 0 saturated heterocycles. The van der Waals surface area contributed by atoms with Crippen molar-refractivity contribution in [2.24, 2.45) is 0 Å². The van der Waals surface area contributed by atoms with Crippen LogP contribution in [0.2, 0.25) is 0 Å². The maximum absolute atomic E-state index is 4.93. The quantitative estimate of drug-likeness (QED) is 0.611. The van der Waals surface area contributed by atoms with Crippen molar-refractivity contribution in [2.75, 3.05) is 0 Å². The molecule has 3 rings (SSSR count). The van der Waals surface area contributed by atoms with Crippen LogP contribution in [0.4, 0.5) is 0 Å². The summed E-state index contributed by atoms with van der Waals surface area (Å²) in [5.41, 5.74) is 5.63. The lowest BCUT2D eigenvalue weighted by Gasteiger charge is -2.23. The standard InChI is InChI=1S/C16H22B3N3/c1-9-8-20-14-10-5-6-12(15(2,3)4)21-11(10)7-13(22(9)14)16(17,18)19/h5-8H,17-19H2,1-4H3. The van der Waals surface area contributed by atoms with Crippen LogP contribution in [0.5, 0.6) is 0 Å². The van der Waals surface area contributed by atoms with Gasteiger partial charge in [-0.25, -0.2) is 4.98 Å². The summed E-state index contributed by atoms with van der Waals surface area (Å²) in [6, 6.07) is 6.52. The van der Waals surface area contributed by atoms with E-state index in [0.717, 1.165) is 22.2 Å². The van der Waals surface area contributed by atoms with Gasteiger partial charge in [0, 0.05) is 34.1 Å². The van der Waals surface area contributed by atoms with Crippen LogP contribution in [-0.2, 0) is 10.5 Å². The number of rotatable bonds is 1. The fraction of sp³-hybridized carbons (Fsp3) is 0.375. The Morgan fingerprint density at radius 2 is 1.77 bits per heavy atom. The van der Waals surface area contributed by atoms with E-state index in [4.69, 9.17) is 4.98 Å². The van der Waals surface area contributed by atoms with Crippen LogP contribution >= 0.6 is 0 Å². The van der Waals surface area contributed by atoms with Crippen molar-refractivity contribution >= 4 is 40.1 Å². The van der Waals surface area contributed by atoms with Gasteiger partial charge in [0.2, 0.25) is 0 Å². The Bertz CT molecular complexity index is 870. The molecule has 0 aliphatic heterocycles. The van der Waals surface area contributed by atoms with Crippen LogP contribution in [0.3, 0.4) is 0 Å². The molecule has 0 aromatic carbocycles. The summed E-state index contributed by atoms with van der Waals surface area (Å²) >= 11 is 0. The Labute approximate surface area is 134 Å². The minimum Gasteiger partial charge on any atom is -0.302 e. The smallest absolute Gasteiger partial charge is 0.146 e. The third-order valence-corrected chi connectivity index (χ3v) is 4.15. The van der Waals surface area contributed by atoms with E-state index >= 15 is 0 Å². The van der Waals surface area contributed by atoms with Crippen molar-refractivity contribution in [3.8, 4) is 0 Å². The fourth-order valence-corrected chi connectivity index (χ4v) is 2.87. The average Bonchev–Trinajstić information content (AvgIpc) is 2.77. The number of hydrogen-bond donors (Lipinski definition) is 0. The third kappa shape index (κ3) is 2.35. The first-order valence-electron chi connectivity index (χ1n) is 7.88. The van der Waals surface area contributed by atoms with E-state index in [1.807, 2.05) is 6.20 Å². The topological polar surface area (TPSA) is 30.2 Å². The molecule has 3 nitrogen and oxygen atoms in total. The summed E-state index contributed by atoms with van der Waals surface area (Å²) in [5, 5.41) is 1.16. The van der Waals surface area contributed by atoms with Gasteiger partial charge in [0.05, 0.1) is 29.1 Å². The highest BCUT2D eigenvalue weighted by molar-refractivity contribution is 6.58. The zero-order valence-electron chi connectivity index (χ0n) is 14.7. The molecular formula is C16H22B3N3. The molecule has 6 heteroatoms. The summed E-state index contributed by atoms with van der Waals surface area (Å²) in [7, 11) is 6.71. The predicted octanol–water partition coefficient (Wildman–Crippen LogP) is 0.498. The fourth-order valence-electron chi connectivity index (χ4n) is 2.87. The van der Waals surface area contributed by atoms with Crippen LogP contribution in [0.25, 0.3) is 16.6 Å². The Balaban J connectivity index is 2.44. The van der Waals surface area contributed by atoms with E-state index in [1.165, 1.54) is 11.4 Å². The van der Waals surface area contributed by atoms with Gasteiger partial charge in [0.1, 0.15) is 5.65 Å². The number of aromatic nitrogens is 3. The van der Waals surface area contributed by atoms with Gasteiger partial charge in [-0.2, -0.15) is 0 Å². The lowest BCUT2D eigenvalue weighted by molar-refractivity contribution is 0.571. The third-order valence-electron chi connectivity index (χ3n) is 4.15. The Hall–Kier alpha value is -1.71. The first kappa shape index (κ1) is 15.2. The molecule has 3 aromatic heterocycles. The van der Waals surface area contributed by atoms with Gasteiger partial charge in [-0.1, -0.05) is 25.9 Å². The van der Waals surface area contributed by atoms with Crippen molar-refractivity contribution in [3.05, 3.63) is 41.5 Å². The zero-order chi connectivity index (χ0) is 16.3. The molecule has 0 N–H and O–H groups in total. The molecule has 0 atom stereocenters. The molecule has 0 radical (unpaired) electrons. The van der Waals surface area contributed by atoms with Crippen molar-refractivity contribution in [2.45, 2.75) is 38.2 Å². The van der Waals surface area contributed by atoms with E-state index in [-0.39, 0.29) is 10.5 Å². The number of fused-ring (bicyclic) bond motifs is 3. The van der Waals surface area contributed by atoms with Gasteiger partial charge in [0.15, 0.2) is 0 Å². The SMILES string of the molecule is BC(B)(B)c1cc2nc(C(C)(C)C)ccc2c2ncc(C)n12. The minimum absolute atomic E-state index is 0.0390. The summed E-state index contributed by atoms with van der Waals surface area (Å²) < 4.78 is 2.26. The molecule has 0 saturated carbocycles. The zero-order valence-corrected chi connectivity index (χ0v) is 14.7. The number of imidazole rings is 1. The molecule has 0 aliphatic carbocycles. The lowest BCUT2D eigenvalue weighted by atomic mass is 9.41. The van der Waals surface area contributed by atoms with Gasteiger partial charge < -0.3 is 4.40 Å². The second-order valence-electron chi connectivity index (χ2n) is 8.22. The minimum atomic E-state index is 0.0390. The molecule has 3 heterocycles. The Morgan fingerprint density at radius 3 is 2.36 bits per heavy atom. The van der Waals surface area contributed by atoms with Crippen LogP contribution in [0.1, 0.15) is 37.9 Å². The van der Waals surface area contributed by atoms with Gasteiger partial charge >= 0.3 is 0 Å². The number of nitrogens with zero attached hydrogens (tertiary/aromatic N) is 3. The van der Waals surface area contributed by atoms with Gasteiger partial charge in [-0.05, 0) is 25.1 Å². The maximum atomic E-state index is 4.93.